The molecule has 1 aromatic rings. The Morgan fingerprint density at radius 2 is 1.81 bits per heavy atom. The third-order valence-electron chi connectivity index (χ3n) is 3.02. The number of amides is 1. The number of nitrogens with one attached hydrogen (secondary N) is 1. The van der Waals surface area contributed by atoms with E-state index in [1.165, 1.54) is 0 Å². The van der Waals surface area contributed by atoms with E-state index in [0.29, 0.717) is 5.02 Å². The van der Waals surface area contributed by atoms with Crippen molar-refractivity contribution in [3.8, 4) is 0 Å². The zero-order valence-electron chi connectivity index (χ0n) is 9.20. The predicted molar refractivity (Wildman–Crippen MR) is 64.5 cm³/mol. The van der Waals surface area contributed by atoms with E-state index < -0.39 is 0 Å². The number of rotatable bonds is 1. The number of benzene rings is 1. The predicted octanol–water partition coefficient (Wildman–Crippen LogP) is 2.45. The lowest BCUT2D eigenvalue weighted by atomic mass is 9.86. The monoisotopic (exact) mass is 236 g/mol. The van der Waals surface area contributed by atoms with Crippen molar-refractivity contribution in [1.29, 1.82) is 0 Å². The van der Waals surface area contributed by atoms with E-state index in [1.807, 2.05) is 38.1 Å². The SMILES string of the molecule is CC1C(=O)NN=C(c2ccc(Cl)cc2)C1C. The van der Waals surface area contributed by atoms with Crippen molar-refractivity contribution < 1.29 is 4.79 Å². The Bertz CT molecular complexity index is 439. The van der Waals surface area contributed by atoms with Gasteiger partial charge in [0.1, 0.15) is 0 Å². The first-order valence-corrected chi connectivity index (χ1v) is 5.61. The molecular weight excluding hydrogens is 224 g/mol. The van der Waals surface area contributed by atoms with Gasteiger partial charge in [-0.15, -0.1) is 0 Å². The minimum Gasteiger partial charge on any atom is -0.273 e. The summed E-state index contributed by atoms with van der Waals surface area (Å²) in [6, 6.07) is 7.49. The van der Waals surface area contributed by atoms with Gasteiger partial charge < -0.3 is 0 Å². The average Bonchev–Trinajstić information content (AvgIpc) is 2.28. The molecule has 4 heteroatoms. The largest absolute Gasteiger partial charge is 0.273 e. The number of carbonyl (C=O) groups excluding carboxylic acids is 1. The Hall–Kier alpha value is -1.35. The summed E-state index contributed by atoms with van der Waals surface area (Å²) >= 11 is 5.83. The van der Waals surface area contributed by atoms with Crippen LogP contribution in [0.1, 0.15) is 19.4 Å². The quantitative estimate of drug-likeness (QED) is 0.800. The Labute approximate surface area is 99.5 Å². The Balaban J connectivity index is 2.34. The molecule has 1 aliphatic rings. The molecule has 1 aliphatic heterocycles. The van der Waals surface area contributed by atoms with E-state index in [0.717, 1.165) is 11.3 Å². The molecule has 84 valence electrons. The molecular formula is C12H13ClN2O. The fourth-order valence-electron chi connectivity index (χ4n) is 1.73. The molecule has 2 unspecified atom stereocenters. The molecule has 0 saturated carbocycles. The molecule has 0 aromatic heterocycles. The van der Waals surface area contributed by atoms with Crippen molar-refractivity contribution in [1.82, 2.24) is 5.43 Å². The summed E-state index contributed by atoms with van der Waals surface area (Å²) in [5.74, 6) is 0.0447. The first-order chi connectivity index (χ1) is 7.59. The van der Waals surface area contributed by atoms with Gasteiger partial charge in [0.2, 0.25) is 5.91 Å². The second kappa shape index (κ2) is 4.26. The maximum absolute atomic E-state index is 11.4. The molecule has 16 heavy (non-hydrogen) atoms. The highest BCUT2D eigenvalue weighted by Gasteiger charge is 2.29. The highest BCUT2D eigenvalue weighted by molar-refractivity contribution is 6.30. The molecule has 0 bridgehead atoms. The lowest BCUT2D eigenvalue weighted by Gasteiger charge is -2.25. The molecule has 2 atom stereocenters. The number of hydrazone groups is 1. The zero-order chi connectivity index (χ0) is 11.7. The number of nitrogens with zero attached hydrogens (tertiary/aromatic N) is 1. The number of halogens is 1. The Kier molecular flexibility index (Phi) is 2.97. The molecule has 1 N–H and O–H groups in total. The van der Waals surface area contributed by atoms with Crippen LogP contribution in [0.5, 0.6) is 0 Å². The van der Waals surface area contributed by atoms with Crippen LogP contribution in [0.3, 0.4) is 0 Å². The van der Waals surface area contributed by atoms with Gasteiger partial charge in [-0.3, -0.25) is 4.79 Å². The van der Waals surface area contributed by atoms with Gasteiger partial charge in [-0.1, -0.05) is 37.6 Å². The van der Waals surface area contributed by atoms with Crippen molar-refractivity contribution in [3.05, 3.63) is 34.9 Å². The fraction of sp³-hybridized carbons (Fsp3) is 0.333. The van der Waals surface area contributed by atoms with Gasteiger partial charge in [0, 0.05) is 16.9 Å². The summed E-state index contributed by atoms with van der Waals surface area (Å²) in [7, 11) is 0. The van der Waals surface area contributed by atoms with E-state index in [2.05, 4.69) is 10.5 Å². The molecule has 1 heterocycles. The third kappa shape index (κ3) is 1.95. The van der Waals surface area contributed by atoms with Gasteiger partial charge in [-0.05, 0) is 17.7 Å². The lowest BCUT2D eigenvalue weighted by Crippen LogP contribution is -2.39. The molecule has 2 rings (SSSR count). The van der Waals surface area contributed by atoms with E-state index in [4.69, 9.17) is 11.6 Å². The van der Waals surface area contributed by atoms with Gasteiger partial charge in [0.25, 0.3) is 0 Å². The smallest absolute Gasteiger partial charge is 0.243 e. The van der Waals surface area contributed by atoms with Crippen molar-refractivity contribution >= 4 is 23.2 Å². The van der Waals surface area contributed by atoms with Crippen molar-refractivity contribution in [2.24, 2.45) is 16.9 Å². The van der Waals surface area contributed by atoms with Crippen LogP contribution >= 0.6 is 11.6 Å². The second-order valence-electron chi connectivity index (χ2n) is 4.06. The van der Waals surface area contributed by atoms with Crippen LogP contribution < -0.4 is 5.43 Å². The molecule has 0 saturated heterocycles. The number of hydrogen-bond donors (Lipinski definition) is 1. The maximum atomic E-state index is 11.4. The molecule has 0 fully saturated rings. The van der Waals surface area contributed by atoms with Gasteiger partial charge >= 0.3 is 0 Å². The van der Waals surface area contributed by atoms with E-state index in [1.54, 1.807) is 0 Å². The minimum absolute atomic E-state index is 0.0230. The van der Waals surface area contributed by atoms with E-state index in [-0.39, 0.29) is 17.7 Å². The van der Waals surface area contributed by atoms with E-state index in [9.17, 15) is 4.79 Å². The summed E-state index contributed by atoms with van der Waals surface area (Å²) in [5, 5.41) is 4.81. The van der Waals surface area contributed by atoms with Crippen LogP contribution in [0, 0.1) is 11.8 Å². The Morgan fingerprint density at radius 1 is 1.19 bits per heavy atom. The topological polar surface area (TPSA) is 41.5 Å². The molecule has 0 radical (unpaired) electrons. The highest BCUT2D eigenvalue weighted by atomic mass is 35.5. The normalized spacial score (nSPS) is 24.9. The summed E-state index contributed by atoms with van der Waals surface area (Å²) in [6.45, 7) is 3.92. The number of hydrogen-bond acceptors (Lipinski definition) is 2. The molecule has 0 aliphatic carbocycles. The van der Waals surface area contributed by atoms with Gasteiger partial charge in [-0.2, -0.15) is 5.10 Å². The van der Waals surface area contributed by atoms with Gasteiger partial charge in [-0.25, -0.2) is 5.43 Å². The summed E-state index contributed by atoms with van der Waals surface area (Å²) in [6.07, 6.45) is 0. The summed E-state index contributed by atoms with van der Waals surface area (Å²) < 4.78 is 0. The maximum Gasteiger partial charge on any atom is 0.243 e. The van der Waals surface area contributed by atoms with Crippen LogP contribution in [0.15, 0.2) is 29.4 Å². The van der Waals surface area contributed by atoms with Crippen molar-refractivity contribution in [2.75, 3.05) is 0 Å². The third-order valence-corrected chi connectivity index (χ3v) is 3.27. The first-order valence-electron chi connectivity index (χ1n) is 5.23. The standard InChI is InChI=1S/C12H13ClN2O/c1-7-8(2)12(16)15-14-11(7)9-3-5-10(13)6-4-9/h3-8H,1-2H3,(H,15,16). The summed E-state index contributed by atoms with van der Waals surface area (Å²) in [4.78, 5) is 11.4. The van der Waals surface area contributed by atoms with Crippen LogP contribution in [0.4, 0.5) is 0 Å². The van der Waals surface area contributed by atoms with E-state index >= 15 is 0 Å². The van der Waals surface area contributed by atoms with Crippen LogP contribution in [0.25, 0.3) is 0 Å². The molecule has 3 nitrogen and oxygen atoms in total. The molecule has 1 aromatic carbocycles. The average molecular weight is 237 g/mol. The highest BCUT2D eigenvalue weighted by Crippen LogP contribution is 2.22. The minimum atomic E-state index is -0.0526. The number of carbonyl (C=O) groups is 1. The second-order valence-corrected chi connectivity index (χ2v) is 4.49. The van der Waals surface area contributed by atoms with Crippen LogP contribution in [0.2, 0.25) is 5.02 Å². The lowest BCUT2D eigenvalue weighted by molar-refractivity contribution is -0.125. The van der Waals surface area contributed by atoms with Crippen molar-refractivity contribution in [3.63, 3.8) is 0 Å². The summed E-state index contributed by atoms with van der Waals surface area (Å²) in [5.41, 5.74) is 4.45. The van der Waals surface area contributed by atoms with Gasteiger partial charge in [0.15, 0.2) is 0 Å². The fourth-order valence-corrected chi connectivity index (χ4v) is 1.86. The van der Waals surface area contributed by atoms with Crippen LogP contribution in [-0.2, 0) is 4.79 Å². The zero-order valence-corrected chi connectivity index (χ0v) is 9.95. The Morgan fingerprint density at radius 3 is 2.44 bits per heavy atom. The van der Waals surface area contributed by atoms with Crippen LogP contribution in [-0.4, -0.2) is 11.6 Å². The molecule has 1 amide bonds. The first kappa shape index (κ1) is 11.1. The molecule has 0 spiro atoms. The van der Waals surface area contributed by atoms with Gasteiger partial charge in [0.05, 0.1) is 5.71 Å². The van der Waals surface area contributed by atoms with Crippen molar-refractivity contribution in [2.45, 2.75) is 13.8 Å².